The second kappa shape index (κ2) is 8.85. The van der Waals surface area contributed by atoms with Gasteiger partial charge in [0, 0.05) is 37.8 Å². The standard InChI is InChI=1S/C24H29N3O3S/c1-4-26-12-14-27(15-13-26)24-21-16-19(30-5-2)8-11-22(21)25-17-23(24)31(28,29)20-9-6-18(3)7-10-20/h6-11,16-17H,4-5,12-15H2,1-3H3. The molecule has 2 heterocycles. The van der Waals surface area contributed by atoms with Crippen LogP contribution in [0.3, 0.4) is 0 Å². The van der Waals surface area contributed by atoms with Crippen molar-refractivity contribution in [1.29, 1.82) is 0 Å². The quantitative estimate of drug-likeness (QED) is 0.580. The molecular weight excluding hydrogens is 410 g/mol. The number of anilines is 1. The summed E-state index contributed by atoms with van der Waals surface area (Å²) >= 11 is 0. The van der Waals surface area contributed by atoms with E-state index < -0.39 is 9.84 Å². The Labute approximate surface area is 184 Å². The summed E-state index contributed by atoms with van der Waals surface area (Å²) in [4.78, 5) is 9.61. The molecule has 0 radical (unpaired) electrons. The molecule has 164 valence electrons. The predicted molar refractivity (Wildman–Crippen MR) is 124 cm³/mol. The first-order valence-electron chi connectivity index (χ1n) is 10.8. The Kier molecular flexibility index (Phi) is 6.16. The normalized spacial score (nSPS) is 15.4. The van der Waals surface area contributed by atoms with E-state index in [4.69, 9.17) is 4.74 Å². The molecule has 4 rings (SSSR count). The first-order chi connectivity index (χ1) is 14.9. The molecule has 0 bridgehead atoms. The molecule has 1 aromatic heterocycles. The van der Waals surface area contributed by atoms with Crippen LogP contribution in [0.2, 0.25) is 0 Å². The number of hydrogen-bond acceptors (Lipinski definition) is 6. The first-order valence-corrected chi connectivity index (χ1v) is 12.3. The Morgan fingerprint density at radius 3 is 2.35 bits per heavy atom. The largest absolute Gasteiger partial charge is 0.494 e. The average molecular weight is 440 g/mol. The summed E-state index contributed by atoms with van der Waals surface area (Å²) in [6.07, 6.45) is 1.51. The average Bonchev–Trinajstić information content (AvgIpc) is 2.79. The minimum absolute atomic E-state index is 0.252. The summed E-state index contributed by atoms with van der Waals surface area (Å²) in [6, 6.07) is 12.7. The fourth-order valence-corrected chi connectivity index (χ4v) is 5.48. The van der Waals surface area contributed by atoms with Gasteiger partial charge in [0.2, 0.25) is 9.84 Å². The molecule has 0 aliphatic carbocycles. The third-order valence-corrected chi connectivity index (χ3v) is 7.62. The SMILES string of the molecule is CCOc1ccc2ncc(S(=O)(=O)c3ccc(C)cc3)c(N3CCN(CC)CC3)c2c1. The van der Waals surface area contributed by atoms with Crippen LogP contribution in [0.1, 0.15) is 19.4 Å². The molecule has 0 saturated carbocycles. The number of nitrogens with zero attached hydrogens (tertiary/aromatic N) is 3. The molecule has 0 N–H and O–H groups in total. The maximum Gasteiger partial charge on any atom is 0.210 e. The van der Waals surface area contributed by atoms with Crippen molar-refractivity contribution in [2.45, 2.75) is 30.6 Å². The highest BCUT2D eigenvalue weighted by Gasteiger charge is 2.28. The van der Waals surface area contributed by atoms with Crippen molar-refractivity contribution in [2.75, 3.05) is 44.2 Å². The number of hydrogen-bond donors (Lipinski definition) is 0. The topological polar surface area (TPSA) is 62.7 Å². The van der Waals surface area contributed by atoms with E-state index in [-0.39, 0.29) is 9.79 Å². The molecule has 6 nitrogen and oxygen atoms in total. The number of aromatic nitrogens is 1. The van der Waals surface area contributed by atoms with Crippen LogP contribution in [0, 0.1) is 6.92 Å². The van der Waals surface area contributed by atoms with E-state index in [1.54, 1.807) is 12.1 Å². The number of likely N-dealkylation sites (N-methyl/N-ethyl adjacent to an activating group) is 1. The smallest absolute Gasteiger partial charge is 0.210 e. The lowest BCUT2D eigenvalue weighted by molar-refractivity contribution is 0.271. The van der Waals surface area contributed by atoms with Gasteiger partial charge in [-0.3, -0.25) is 4.98 Å². The summed E-state index contributed by atoms with van der Waals surface area (Å²) in [6.45, 7) is 10.9. The van der Waals surface area contributed by atoms with Crippen LogP contribution >= 0.6 is 0 Å². The van der Waals surface area contributed by atoms with E-state index in [1.807, 2.05) is 44.2 Å². The zero-order valence-corrected chi connectivity index (χ0v) is 19.2. The minimum Gasteiger partial charge on any atom is -0.494 e. The van der Waals surface area contributed by atoms with Crippen molar-refractivity contribution in [3.63, 3.8) is 0 Å². The molecule has 1 fully saturated rings. The molecule has 31 heavy (non-hydrogen) atoms. The maximum absolute atomic E-state index is 13.7. The van der Waals surface area contributed by atoms with Crippen LogP contribution in [0.5, 0.6) is 5.75 Å². The number of ether oxygens (including phenoxy) is 1. The van der Waals surface area contributed by atoms with E-state index in [9.17, 15) is 8.42 Å². The number of benzene rings is 2. The van der Waals surface area contributed by atoms with Crippen molar-refractivity contribution in [2.24, 2.45) is 0 Å². The van der Waals surface area contributed by atoms with Crippen molar-refractivity contribution >= 4 is 26.4 Å². The zero-order chi connectivity index (χ0) is 22.0. The highest BCUT2D eigenvalue weighted by Crippen LogP contribution is 2.37. The molecular formula is C24H29N3O3S. The zero-order valence-electron chi connectivity index (χ0n) is 18.3. The van der Waals surface area contributed by atoms with E-state index in [0.29, 0.717) is 6.61 Å². The van der Waals surface area contributed by atoms with Crippen molar-refractivity contribution < 1.29 is 13.2 Å². The maximum atomic E-state index is 13.7. The summed E-state index contributed by atoms with van der Waals surface area (Å²) in [7, 11) is -3.73. The molecule has 0 unspecified atom stereocenters. The van der Waals surface area contributed by atoms with Gasteiger partial charge in [-0.15, -0.1) is 0 Å². The Bertz CT molecular complexity index is 1170. The van der Waals surface area contributed by atoms with Gasteiger partial charge in [-0.2, -0.15) is 0 Å². The summed E-state index contributed by atoms with van der Waals surface area (Å²) in [5.74, 6) is 0.718. The molecule has 0 amide bonds. The van der Waals surface area contributed by atoms with Gasteiger partial charge >= 0.3 is 0 Å². The number of fused-ring (bicyclic) bond motifs is 1. The Morgan fingerprint density at radius 1 is 1.00 bits per heavy atom. The molecule has 0 atom stereocenters. The Morgan fingerprint density at radius 2 is 1.71 bits per heavy atom. The van der Waals surface area contributed by atoms with E-state index in [2.05, 4.69) is 21.7 Å². The Balaban J connectivity index is 1.90. The van der Waals surface area contributed by atoms with Crippen LogP contribution in [0.15, 0.2) is 58.5 Å². The molecule has 1 aliphatic heterocycles. The van der Waals surface area contributed by atoms with Crippen LogP contribution in [-0.2, 0) is 9.84 Å². The minimum atomic E-state index is -3.73. The van der Waals surface area contributed by atoms with E-state index in [1.165, 1.54) is 6.20 Å². The number of piperazine rings is 1. The molecule has 3 aromatic rings. The van der Waals surface area contributed by atoms with Crippen molar-refractivity contribution in [3.05, 3.63) is 54.2 Å². The second-order valence-corrected chi connectivity index (χ2v) is 9.74. The predicted octanol–water partition coefficient (Wildman–Crippen LogP) is 3.92. The third kappa shape index (κ3) is 4.25. The highest BCUT2D eigenvalue weighted by atomic mass is 32.2. The number of rotatable bonds is 6. The second-order valence-electron chi connectivity index (χ2n) is 7.82. The fraction of sp³-hybridized carbons (Fsp3) is 0.375. The van der Waals surface area contributed by atoms with Gasteiger partial charge in [0.15, 0.2) is 0 Å². The lowest BCUT2D eigenvalue weighted by Crippen LogP contribution is -2.46. The highest BCUT2D eigenvalue weighted by molar-refractivity contribution is 7.91. The van der Waals surface area contributed by atoms with Gasteiger partial charge in [-0.25, -0.2) is 8.42 Å². The first kappa shape index (κ1) is 21.6. The fourth-order valence-electron chi connectivity index (χ4n) is 4.05. The van der Waals surface area contributed by atoms with Gasteiger partial charge in [0.1, 0.15) is 10.6 Å². The Hall–Kier alpha value is -2.64. The number of pyridine rings is 1. The van der Waals surface area contributed by atoms with Crippen LogP contribution in [-0.4, -0.2) is 57.6 Å². The van der Waals surface area contributed by atoms with Gasteiger partial charge in [0.25, 0.3) is 0 Å². The van der Waals surface area contributed by atoms with Gasteiger partial charge in [-0.1, -0.05) is 24.6 Å². The van der Waals surface area contributed by atoms with Gasteiger partial charge < -0.3 is 14.5 Å². The molecule has 7 heteroatoms. The molecule has 1 aliphatic rings. The van der Waals surface area contributed by atoms with Crippen molar-refractivity contribution in [1.82, 2.24) is 9.88 Å². The summed E-state index contributed by atoms with van der Waals surface area (Å²) in [5.41, 5.74) is 2.51. The van der Waals surface area contributed by atoms with Crippen LogP contribution in [0.4, 0.5) is 5.69 Å². The van der Waals surface area contributed by atoms with Gasteiger partial charge in [-0.05, 0) is 50.7 Å². The molecule has 0 spiro atoms. The van der Waals surface area contributed by atoms with Crippen LogP contribution < -0.4 is 9.64 Å². The van der Waals surface area contributed by atoms with Crippen LogP contribution in [0.25, 0.3) is 10.9 Å². The van der Waals surface area contributed by atoms with Gasteiger partial charge in [0.05, 0.1) is 22.7 Å². The summed E-state index contributed by atoms with van der Waals surface area (Å²) < 4.78 is 33.1. The molecule has 2 aromatic carbocycles. The van der Waals surface area contributed by atoms with E-state index >= 15 is 0 Å². The monoisotopic (exact) mass is 439 g/mol. The molecule has 1 saturated heterocycles. The third-order valence-electron chi connectivity index (χ3n) is 5.84. The number of aryl methyl sites for hydroxylation is 1. The lowest BCUT2D eigenvalue weighted by atomic mass is 10.1. The van der Waals surface area contributed by atoms with Crippen molar-refractivity contribution in [3.8, 4) is 5.75 Å². The number of sulfone groups is 1. The lowest BCUT2D eigenvalue weighted by Gasteiger charge is -2.36. The van der Waals surface area contributed by atoms with E-state index in [0.717, 1.165) is 60.6 Å². The summed E-state index contributed by atoms with van der Waals surface area (Å²) in [5, 5.41) is 0.809.